The third-order valence-electron chi connectivity index (χ3n) is 1.73. The van der Waals surface area contributed by atoms with Crippen molar-refractivity contribution in [3.8, 4) is 5.75 Å². The summed E-state index contributed by atoms with van der Waals surface area (Å²) in [5, 5.41) is 9.56. The Labute approximate surface area is 99.4 Å². The quantitative estimate of drug-likeness (QED) is 0.220. The van der Waals surface area contributed by atoms with Crippen LogP contribution in [-0.2, 0) is 0 Å². The smallest absolute Gasteiger partial charge is 0.203 e. The van der Waals surface area contributed by atoms with Crippen LogP contribution < -0.4 is 10.6 Å². The van der Waals surface area contributed by atoms with Crippen LogP contribution in [0.4, 0.5) is 0 Å². The molecule has 8 heteroatoms. The first-order valence-corrected chi connectivity index (χ1v) is 5.43. The lowest BCUT2D eigenvalue weighted by molar-refractivity contribution is 0.571. The fourth-order valence-corrected chi connectivity index (χ4v) is 2.28. The molecule has 0 unspecified atom stereocenters. The summed E-state index contributed by atoms with van der Waals surface area (Å²) in [4.78, 5) is 3.06. The average molecular weight is 253 g/mol. The molecule has 0 saturated heterocycles. The van der Waals surface area contributed by atoms with Gasteiger partial charge in [-0.1, -0.05) is 10.3 Å². The van der Waals surface area contributed by atoms with Gasteiger partial charge in [0.2, 0.25) is 6.40 Å². The number of nitrogens with zero attached hydrogens (tertiary/aromatic N) is 3. The van der Waals surface area contributed by atoms with Crippen molar-refractivity contribution in [2.75, 3.05) is 0 Å². The first-order valence-electron chi connectivity index (χ1n) is 4.21. The molecule has 0 aliphatic heterocycles. The molecule has 0 amide bonds. The van der Waals surface area contributed by atoms with Gasteiger partial charge in [-0.3, -0.25) is 0 Å². The Morgan fingerprint density at radius 2 is 2.38 bits per heavy atom. The highest BCUT2D eigenvalue weighted by molar-refractivity contribution is 7.73. The van der Waals surface area contributed by atoms with Crippen LogP contribution in [0, 0.1) is 3.95 Å². The minimum Gasteiger partial charge on any atom is -0.444 e. The average Bonchev–Trinajstić information content (AvgIpc) is 2.64. The van der Waals surface area contributed by atoms with Gasteiger partial charge in [0, 0.05) is 6.07 Å². The Morgan fingerprint density at radius 3 is 3.19 bits per heavy atom. The van der Waals surface area contributed by atoms with Gasteiger partial charge in [-0.2, -0.15) is 0 Å². The number of thiazole rings is 1. The predicted molar refractivity (Wildman–Crippen MR) is 65.2 cm³/mol. The number of benzene rings is 1. The van der Waals surface area contributed by atoms with E-state index < -0.39 is 0 Å². The molecular formula is C8H7N5OS2. The highest BCUT2D eigenvalue weighted by Crippen LogP contribution is 2.24. The third-order valence-corrected chi connectivity index (χ3v) is 2.93. The number of hydrogen-bond acceptors (Lipinski definition) is 5. The van der Waals surface area contributed by atoms with Crippen LogP contribution in [0.5, 0.6) is 5.75 Å². The van der Waals surface area contributed by atoms with Crippen molar-refractivity contribution < 1.29 is 4.74 Å². The van der Waals surface area contributed by atoms with E-state index in [1.807, 2.05) is 12.1 Å². The molecule has 1 aromatic carbocycles. The zero-order valence-corrected chi connectivity index (χ0v) is 9.59. The van der Waals surface area contributed by atoms with E-state index in [4.69, 9.17) is 22.8 Å². The molecule has 0 fully saturated rings. The van der Waals surface area contributed by atoms with Crippen molar-refractivity contribution in [1.82, 2.24) is 4.98 Å². The highest BCUT2D eigenvalue weighted by atomic mass is 32.1. The van der Waals surface area contributed by atoms with Crippen LogP contribution in [-0.4, -0.2) is 11.4 Å². The maximum Gasteiger partial charge on any atom is 0.203 e. The summed E-state index contributed by atoms with van der Waals surface area (Å²) < 4.78 is 6.94. The van der Waals surface area contributed by atoms with E-state index in [0.29, 0.717) is 5.75 Å². The Hall–Kier alpha value is -1.80. The normalized spacial score (nSPS) is 11.8. The fraction of sp³-hybridized carbons (Fsp3) is 0. The molecule has 16 heavy (non-hydrogen) atoms. The molecule has 6 nitrogen and oxygen atoms in total. The summed E-state index contributed by atoms with van der Waals surface area (Å²) in [7, 11) is 0. The minimum absolute atomic E-state index is 0.647. The van der Waals surface area contributed by atoms with E-state index in [2.05, 4.69) is 20.5 Å². The monoisotopic (exact) mass is 253 g/mol. The second-order valence-corrected chi connectivity index (χ2v) is 4.43. The molecule has 0 saturated carbocycles. The Morgan fingerprint density at radius 1 is 1.50 bits per heavy atom. The Balaban J connectivity index is 2.22. The number of aromatic nitrogens is 1. The maximum atomic E-state index is 5.18. The van der Waals surface area contributed by atoms with Gasteiger partial charge in [-0.15, -0.1) is 11.3 Å². The Kier molecular flexibility index (Phi) is 3.22. The van der Waals surface area contributed by atoms with Crippen molar-refractivity contribution in [1.29, 1.82) is 0 Å². The summed E-state index contributed by atoms with van der Waals surface area (Å²) in [6.07, 6.45) is 1.16. The lowest BCUT2D eigenvalue weighted by Crippen LogP contribution is -1.88. The van der Waals surface area contributed by atoms with Crippen molar-refractivity contribution >= 4 is 40.2 Å². The van der Waals surface area contributed by atoms with Gasteiger partial charge in [0.1, 0.15) is 5.75 Å². The topological polar surface area (TPSA) is 88.1 Å². The number of aromatic amines is 1. The number of ether oxygens (including phenoxy) is 1. The zero-order valence-electron chi connectivity index (χ0n) is 7.95. The summed E-state index contributed by atoms with van der Waals surface area (Å²) in [6.45, 7) is 0. The molecule has 3 N–H and O–H groups in total. The van der Waals surface area contributed by atoms with Gasteiger partial charge in [-0.25, -0.2) is 0 Å². The maximum absolute atomic E-state index is 5.18. The molecule has 1 aromatic heterocycles. The first kappa shape index (κ1) is 10.7. The van der Waals surface area contributed by atoms with Gasteiger partial charge >= 0.3 is 0 Å². The lowest BCUT2D eigenvalue weighted by Gasteiger charge is -1.97. The molecule has 0 radical (unpaired) electrons. The van der Waals surface area contributed by atoms with Crippen molar-refractivity contribution in [3.05, 3.63) is 22.2 Å². The van der Waals surface area contributed by atoms with Crippen LogP contribution in [0.2, 0.25) is 0 Å². The SMILES string of the molecule is NN=N/N=C\Oc1ccc2[nH]c(=S)sc2c1. The fourth-order valence-electron chi connectivity index (χ4n) is 1.13. The van der Waals surface area contributed by atoms with Gasteiger partial charge < -0.3 is 15.6 Å². The van der Waals surface area contributed by atoms with E-state index in [-0.39, 0.29) is 0 Å². The second kappa shape index (κ2) is 4.81. The van der Waals surface area contributed by atoms with Crippen LogP contribution in [0.15, 0.2) is 33.7 Å². The minimum atomic E-state index is 0.647. The molecule has 2 aromatic rings. The molecule has 0 atom stereocenters. The first-order chi connectivity index (χ1) is 7.79. The number of H-pyrrole nitrogens is 1. The number of nitrogens with one attached hydrogen (secondary N) is 1. The van der Waals surface area contributed by atoms with Gasteiger partial charge in [-0.05, 0) is 29.6 Å². The van der Waals surface area contributed by atoms with Gasteiger partial charge in [0.25, 0.3) is 0 Å². The number of fused-ring (bicyclic) bond motifs is 1. The summed E-state index contributed by atoms with van der Waals surface area (Å²) in [5.74, 6) is 5.41. The number of rotatable bonds is 3. The van der Waals surface area contributed by atoms with E-state index in [1.165, 1.54) is 11.3 Å². The van der Waals surface area contributed by atoms with E-state index >= 15 is 0 Å². The van der Waals surface area contributed by atoms with Crippen LogP contribution in [0.25, 0.3) is 10.2 Å². The van der Waals surface area contributed by atoms with E-state index in [0.717, 1.165) is 20.6 Å². The number of nitrogens with two attached hydrogens (primary N) is 1. The second-order valence-electron chi connectivity index (χ2n) is 2.72. The summed E-state index contributed by atoms with van der Waals surface area (Å²) in [6, 6.07) is 5.54. The molecule has 0 aliphatic carbocycles. The highest BCUT2D eigenvalue weighted by Gasteiger charge is 1.99. The Bertz CT molecular complexity index is 600. The van der Waals surface area contributed by atoms with Crippen LogP contribution in [0.3, 0.4) is 0 Å². The van der Waals surface area contributed by atoms with Crippen molar-refractivity contribution in [2.45, 2.75) is 0 Å². The summed E-state index contributed by atoms with van der Waals surface area (Å²) >= 11 is 6.52. The number of hydrogen-bond donors (Lipinski definition) is 2. The molecular weight excluding hydrogens is 246 g/mol. The molecule has 1 heterocycles. The van der Waals surface area contributed by atoms with Gasteiger partial charge in [0.15, 0.2) is 3.95 Å². The standard InChI is InChI=1S/C8H7N5OS2/c9-12-13-10-4-14-5-1-2-6-7(3-5)16-8(15)11-6/h1-4H,(H2,9,13)(H,11,15)/b10-4-. The largest absolute Gasteiger partial charge is 0.444 e. The van der Waals surface area contributed by atoms with E-state index in [9.17, 15) is 0 Å². The predicted octanol–water partition coefficient (Wildman–Crippen LogP) is 2.61. The van der Waals surface area contributed by atoms with Crippen LogP contribution >= 0.6 is 23.6 Å². The van der Waals surface area contributed by atoms with Gasteiger partial charge in [0.05, 0.1) is 10.2 Å². The summed E-state index contributed by atoms with van der Waals surface area (Å²) in [5.41, 5.74) is 0.987. The zero-order chi connectivity index (χ0) is 11.4. The van der Waals surface area contributed by atoms with Crippen molar-refractivity contribution in [2.24, 2.45) is 21.4 Å². The molecule has 0 spiro atoms. The van der Waals surface area contributed by atoms with Crippen molar-refractivity contribution in [3.63, 3.8) is 0 Å². The molecule has 0 aliphatic rings. The van der Waals surface area contributed by atoms with Crippen LogP contribution in [0.1, 0.15) is 0 Å². The lowest BCUT2D eigenvalue weighted by atomic mass is 10.3. The third kappa shape index (κ3) is 2.41. The molecule has 2 rings (SSSR count). The molecule has 0 bridgehead atoms. The molecule has 82 valence electrons. The van der Waals surface area contributed by atoms with E-state index in [1.54, 1.807) is 6.07 Å².